The first kappa shape index (κ1) is 13.8. The Kier molecular flexibility index (Phi) is 5.82. The summed E-state index contributed by atoms with van der Waals surface area (Å²) in [6.07, 6.45) is 1.59. The van der Waals surface area contributed by atoms with Crippen LogP contribution in [0.3, 0.4) is 0 Å². The highest BCUT2D eigenvalue weighted by molar-refractivity contribution is 5.17. The first-order chi connectivity index (χ1) is 6.89. The molecule has 1 atom stereocenters. The van der Waals surface area contributed by atoms with Crippen LogP contribution in [0.4, 0.5) is 13.2 Å². The van der Waals surface area contributed by atoms with E-state index in [-0.39, 0.29) is 11.7 Å². The van der Waals surface area contributed by atoms with E-state index < -0.39 is 6.36 Å². The lowest BCUT2D eigenvalue weighted by Gasteiger charge is -2.11. The van der Waals surface area contributed by atoms with Crippen molar-refractivity contribution in [2.45, 2.75) is 26.6 Å². The minimum Gasteiger partial charge on any atom is -0.406 e. The Balaban J connectivity index is 4.65. The Bertz CT molecular complexity index is 251. The van der Waals surface area contributed by atoms with Gasteiger partial charge in [-0.1, -0.05) is 32.6 Å². The largest absolute Gasteiger partial charge is 0.573 e. The van der Waals surface area contributed by atoms with Crippen molar-refractivity contribution in [3.63, 3.8) is 0 Å². The Morgan fingerprint density at radius 2 is 2.07 bits per heavy atom. The van der Waals surface area contributed by atoms with Gasteiger partial charge in [-0.25, -0.2) is 0 Å². The number of allylic oxidation sites excluding steroid dienone is 4. The summed E-state index contributed by atoms with van der Waals surface area (Å²) in [5.41, 5.74) is 0. The topological polar surface area (TPSA) is 9.23 Å². The molecular weight excluding hydrogens is 205 g/mol. The Labute approximate surface area is 87.9 Å². The van der Waals surface area contributed by atoms with E-state index in [2.05, 4.69) is 11.3 Å². The van der Waals surface area contributed by atoms with Gasteiger partial charge in [0.05, 0.1) is 0 Å². The predicted molar refractivity (Wildman–Crippen MR) is 54.0 cm³/mol. The maximum atomic E-state index is 12.0. The average molecular weight is 220 g/mol. The van der Waals surface area contributed by atoms with Crippen LogP contribution >= 0.6 is 0 Å². The maximum Gasteiger partial charge on any atom is 0.573 e. The van der Waals surface area contributed by atoms with E-state index in [9.17, 15) is 13.2 Å². The van der Waals surface area contributed by atoms with Crippen LogP contribution in [0, 0.1) is 5.92 Å². The third-order valence-corrected chi connectivity index (χ3v) is 1.72. The molecule has 0 aliphatic rings. The Morgan fingerprint density at radius 1 is 1.47 bits per heavy atom. The minimum absolute atomic E-state index is 0.0387. The van der Waals surface area contributed by atoms with Crippen LogP contribution in [-0.2, 0) is 4.74 Å². The molecule has 1 unspecified atom stereocenters. The fourth-order valence-electron chi connectivity index (χ4n) is 0.818. The molecule has 0 rings (SSSR count). The predicted octanol–water partition coefficient (Wildman–Crippen LogP) is 4.20. The third-order valence-electron chi connectivity index (χ3n) is 1.72. The van der Waals surface area contributed by atoms with Gasteiger partial charge in [0.1, 0.15) is 5.76 Å². The summed E-state index contributed by atoms with van der Waals surface area (Å²) in [6.45, 7) is 7.09. The number of halogens is 3. The van der Waals surface area contributed by atoms with Crippen molar-refractivity contribution >= 4 is 0 Å². The summed E-state index contributed by atoms with van der Waals surface area (Å²) in [7, 11) is 0. The van der Waals surface area contributed by atoms with E-state index in [1.165, 1.54) is 24.3 Å². The normalized spacial score (nSPS) is 15.4. The van der Waals surface area contributed by atoms with E-state index in [1.54, 1.807) is 0 Å². The minimum atomic E-state index is -4.65. The SMILES string of the molecule is C=C/C=C\C(=C/C(C)CC)OC(F)(F)F. The van der Waals surface area contributed by atoms with Crippen LogP contribution in [0.2, 0.25) is 0 Å². The van der Waals surface area contributed by atoms with Crippen LogP contribution < -0.4 is 0 Å². The molecule has 0 fully saturated rings. The van der Waals surface area contributed by atoms with Gasteiger partial charge in [0, 0.05) is 0 Å². The summed E-state index contributed by atoms with van der Waals surface area (Å²) in [5, 5.41) is 0. The van der Waals surface area contributed by atoms with E-state index in [0.717, 1.165) is 6.42 Å². The van der Waals surface area contributed by atoms with Gasteiger partial charge < -0.3 is 4.74 Å². The summed E-state index contributed by atoms with van der Waals surface area (Å²) >= 11 is 0. The molecule has 0 aliphatic heterocycles. The van der Waals surface area contributed by atoms with Crippen LogP contribution in [0.25, 0.3) is 0 Å². The molecule has 0 aromatic rings. The first-order valence-electron chi connectivity index (χ1n) is 4.65. The van der Waals surface area contributed by atoms with Gasteiger partial charge in [0.2, 0.25) is 0 Å². The molecule has 0 spiro atoms. The highest BCUT2D eigenvalue weighted by Gasteiger charge is 2.31. The summed E-state index contributed by atoms with van der Waals surface area (Å²) in [6, 6.07) is 0. The van der Waals surface area contributed by atoms with Crippen molar-refractivity contribution in [2.24, 2.45) is 5.92 Å². The molecule has 15 heavy (non-hydrogen) atoms. The molecule has 86 valence electrons. The van der Waals surface area contributed by atoms with E-state index in [4.69, 9.17) is 0 Å². The van der Waals surface area contributed by atoms with E-state index >= 15 is 0 Å². The number of hydrogen-bond donors (Lipinski definition) is 0. The van der Waals surface area contributed by atoms with Gasteiger partial charge in [-0.2, -0.15) is 0 Å². The lowest BCUT2D eigenvalue weighted by Crippen LogP contribution is -2.12. The second-order valence-corrected chi connectivity index (χ2v) is 3.10. The van der Waals surface area contributed by atoms with E-state index in [0.29, 0.717) is 0 Å². The lowest BCUT2D eigenvalue weighted by atomic mass is 10.1. The van der Waals surface area contributed by atoms with Crippen LogP contribution in [0.1, 0.15) is 20.3 Å². The van der Waals surface area contributed by atoms with Crippen molar-refractivity contribution < 1.29 is 17.9 Å². The molecule has 0 bridgehead atoms. The van der Waals surface area contributed by atoms with Gasteiger partial charge in [-0.3, -0.25) is 0 Å². The van der Waals surface area contributed by atoms with Crippen molar-refractivity contribution in [1.82, 2.24) is 0 Å². The summed E-state index contributed by atoms with van der Waals surface area (Å²) < 4.78 is 39.7. The van der Waals surface area contributed by atoms with Crippen molar-refractivity contribution in [3.8, 4) is 0 Å². The van der Waals surface area contributed by atoms with Crippen LogP contribution in [0.15, 0.2) is 36.6 Å². The molecule has 0 saturated heterocycles. The second-order valence-electron chi connectivity index (χ2n) is 3.10. The Morgan fingerprint density at radius 3 is 2.47 bits per heavy atom. The van der Waals surface area contributed by atoms with Gasteiger partial charge in [-0.15, -0.1) is 13.2 Å². The van der Waals surface area contributed by atoms with Crippen molar-refractivity contribution in [1.29, 1.82) is 0 Å². The van der Waals surface area contributed by atoms with Gasteiger partial charge in [-0.05, 0) is 24.5 Å². The number of rotatable bonds is 5. The Hall–Kier alpha value is -1.19. The smallest absolute Gasteiger partial charge is 0.406 e. The van der Waals surface area contributed by atoms with Crippen molar-refractivity contribution in [3.05, 3.63) is 36.6 Å². The number of alkyl halides is 3. The fraction of sp³-hybridized carbons (Fsp3) is 0.455. The lowest BCUT2D eigenvalue weighted by molar-refractivity contribution is -0.303. The standard InChI is InChI=1S/C11H15F3O/c1-4-6-7-10(8-9(3)5-2)15-11(12,13)14/h4,6-9H,1,5H2,2-3H3/b7-6-,10-8+. The molecule has 0 amide bonds. The molecule has 0 aromatic carbocycles. The van der Waals surface area contributed by atoms with E-state index in [1.807, 2.05) is 13.8 Å². The molecule has 0 heterocycles. The summed E-state index contributed by atoms with van der Waals surface area (Å²) in [4.78, 5) is 0. The summed E-state index contributed by atoms with van der Waals surface area (Å²) in [5.74, 6) is -0.159. The number of hydrogen-bond acceptors (Lipinski definition) is 1. The molecule has 0 N–H and O–H groups in total. The average Bonchev–Trinajstić information content (AvgIpc) is 2.11. The van der Waals surface area contributed by atoms with Gasteiger partial charge >= 0.3 is 6.36 Å². The third kappa shape index (κ3) is 7.85. The molecule has 0 aromatic heterocycles. The zero-order valence-electron chi connectivity index (χ0n) is 8.84. The van der Waals surface area contributed by atoms with Crippen LogP contribution in [0.5, 0.6) is 0 Å². The zero-order valence-corrected chi connectivity index (χ0v) is 8.84. The molecule has 0 radical (unpaired) electrons. The highest BCUT2D eigenvalue weighted by atomic mass is 19.4. The molecule has 4 heteroatoms. The monoisotopic (exact) mass is 220 g/mol. The highest BCUT2D eigenvalue weighted by Crippen LogP contribution is 2.22. The van der Waals surface area contributed by atoms with Crippen molar-refractivity contribution in [2.75, 3.05) is 0 Å². The van der Waals surface area contributed by atoms with Crippen LogP contribution in [-0.4, -0.2) is 6.36 Å². The quantitative estimate of drug-likeness (QED) is 0.498. The number of ether oxygens (including phenoxy) is 1. The fourth-order valence-corrected chi connectivity index (χ4v) is 0.818. The van der Waals surface area contributed by atoms with Gasteiger partial charge in [0.15, 0.2) is 0 Å². The first-order valence-corrected chi connectivity index (χ1v) is 4.65. The van der Waals surface area contributed by atoms with Gasteiger partial charge in [0.25, 0.3) is 0 Å². The maximum absolute atomic E-state index is 12.0. The molecule has 0 aliphatic carbocycles. The zero-order chi connectivity index (χ0) is 11.9. The second kappa shape index (κ2) is 6.32. The molecule has 0 saturated carbocycles. The molecule has 1 nitrogen and oxygen atoms in total. The molecular formula is C11H15F3O.